The highest BCUT2D eigenvalue weighted by Gasteiger charge is 2.47. The van der Waals surface area contributed by atoms with Gasteiger partial charge in [-0.2, -0.15) is 8.42 Å². The number of aliphatic hydroxyl groups excluding tert-OH is 1. The largest absolute Gasteiger partial charge is 0.397 e. The Morgan fingerprint density at radius 3 is 2.23 bits per heavy atom. The molecule has 1 aliphatic rings. The van der Waals surface area contributed by atoms with Crippen LogP contribution >= 0.6 is 0 Å². The summed E-state index contributed by atoms with van der Waals surface area (Å²) in [7, 11) is -4.69. The van der Waals surface area contributed by atoms with Gasteiger partial charge in [0.15, 0.2) is 6.29 Å². The molecule has 12 heteroatoms. The fourth-order valence-corrected chi connectivity index (χ4v) is 2.80. The quantitative estimate of drug-likeness (QED) is 0.165. The van der Waals surface area contributed by atoms with Crippen LogP contribution in [0.3, 0.4) is 0 Å². The molecule has 1 rings (SSSR count). The van der Waals surface area contributed by atoms with Crippen LogP contribution in [0.5, 0.6) is 0 Å². The summed E-state index contributed by atoms with van der Waals surface area (Å²) in [6, 6.07) is -1.06. The number of aliphatic hydroxyl groups is 1. The fraction of sp³-hybridized carbons (Fsp3) is 1.00. The molecular formula is C14H27N3O8S. The van der Waals surface area contributed by atoms with Crippen molar-refractivity contribution in [3.8, 4) is 0 Å². The zero-order valence-corrected chi connectivity index (χ0v) is 15.7. The van der Waals surface area contributed by atoms with E-state index in [0.717, 1.165) is 25.7 Å². The zero-order valence-electron chi connectivity index (χ0n) is 14.9. The Morgan fingerprint density at radius 2 is 1.73 bits per heavy atom. The molecular weight excluding hydrogens is 370 g/mol. The summed E-state index contributed by atoms with van der Waals surface area (Å²) in [4.78, 5) is 2.71. The lowest BCUT2D eigenvalue weighted by molar-refractivity contribution is -0.265. The summed E-state index contributed by atoms with van der Waals surface area (Å²) in [5, 5.41) is 13.7. The van der Waals surface area contributed by atoms with E-state index in [1.165, 1.54) is 0 Å². The molecule has 0 unspecified atom stereocenters. The molecule has 5 atom stereocenters. The second-order valence-electron chi connectivity index (χ2n) is 5.85. The van der Waals surface area contributed by atoms with Crippen molar-refractivity contribution in [3.05, 3.63) is 10.4 Å². The first-order valence-electron chi connectivity index (χ1n) is 8.56. The molecule has 0 bridgehead atoms. The first-order valence-corrected chi connectivity index (χ1v) is 9.93. The molecule has 1 saturated heterocycles. The molecule has 1 aliphatic heterocycles. The van der Waals surface area contributed by atoms with Crippen molar-refractivity contribution in [1.29, 1.82) is 0 Å². The minimum absolute atomic E-state index is 0.333. The van der Waals surface area contributed by atoms with Gasteiger partial charge in [0.05, 0.1) is 12.7 Å². The van der Waals surface area contributed by atoms with Gasteiger partial charge in [0, 0.05) is 18.1 Å². The SMILES string of the molecule is CCCCO[C@@H]1[C@@H](N=[N+]=[N-])[C@@H](O)O[C@H](COS(=O)(=O)O)[C@H]1OCCCC. The molecule has 0 aromatic carbocycles. The molecule has 0 aromatic heterocycles. The van der Waals surface area contributed by atoms with E-state index in [9.17, 15) is 13.5 Å². The third-order valence-corrected chi connectivity index (χ3v) is 4.25. The number of hydrogen-bond donors (Lipinski definition) is 2. The van der Waals surface area contributed by atoms with Crippen molar-refractivity contribution < 1.29 is 36.5 Å². The Bertz CT molecular complexity index is 554. The summed E-state index contributed by atoms with van der Waals surface area (Å²) >= 11 is 0. The van der Waals surface area contributed by atoms with Crippen molar-refractivity contribution in [2.45, 2.75) is 70.2 Å². The lowest BCUT2D eigenvalue weighted by atomic mass is 9.97. The Balaban J connectivity index is 3.00. The third-order valence-electron chi connectivity index (χ3n) is 3.82. The molecule has 26 heavy (non-hydrogen) atoms. The zero-order chi connectivity index (χ0) is 19.6. The predicted molar refractivity (Wildman–Crippen MR) is 90.6 cm³/mol. The van der Waals surface area contributed by atoms with Gasteiger partial charge < -0.3 is 19.3 Å². The third kappa shape index (κ3) is 7.72. The van der Waals surface area contributed by atoms with Gasteiger partial charge in [-0.1, -0.05) is 31.8 Å². The van der Waals surface area contributed by atoms with Crippen molar-refractivity contribution in [3.63, 3.8) is 0 Å². The molecule has 0 radical (unpaired) electrons. The number of unbranched alkanes of at least 4 members (excludes halogenated alkanes) is 2. The first-order chi connectivity index (χ1) is 12.3. The van der Waals surface area contributed by atoms with E-state index in [1.807, 2.05) is 13.8 Å². The van der Waals surface area contributed by atoms with Gasteiger partial charge in [0.1, 0.15) is 18.2 Å². The normalized spacial score (nSPS) is 29.3. The Kier molecular flexibility index (Phi) is 10.4. The van der Waals surface area contributed by atoms with Crippen LogP contribution in [0.15, 0.2) is 5.11 Å². The van der Waals surface area contributed by atoms with Crippen molar-refractivity contribution >= 4 is 10.4 Å². The summed E-state index contributed by atoms with van der Waals surface area (Å²) in [5.41, 5.74) is 8.76. The summed E-state index contributed by atoms with van der Waals surface area (Å²) in [6.07, 6.45) is -1.06. The number of nitrogens with zero attached hydrogens (tertiary/aromatic N) is 3. The molecule has 0 aromatic rings. The maximum absolute atomic E-state index is 10.9. The standard InChI is InChI=1S/C14H27N3O8S/c1-3-5-7-22-12-10(9-24-26(19,20)21)25-14(18)11(16-17-15)13(12)23-8-6-4-2/h10-14,18H,3-9H2,1-2H3,(H,19,20,21)/t10-,11-,12-,13-,14+/m1/s1. The van der Waals surface area contributed by atoms with Gasteiger partial charge in [0.25, 0.3) is 0 Å². The van der Waals surface area contributed by atoms with E-state index >= 15 is 0 Å². The second-order valence-corrected chi connectivity index (χ2v) is 6.94. The fourth-order valence-electron chi connectivity index (χ4n) is 2.50. The molecule has 0 spiro atoms. The van der Waals surface area contributed by atoms with Crippen LogP contribution in [0.25, 0.3) is 10.4 Å². The molecule has 0 amide bonds. The summed E-state index contributed by atoms with van der Waals surface area (Å²) in [5.74, 6) is 0. The highest BCUT2D eigenvalue weighted by molar-refractivity contribution is 7.80. The van der Waals surface area contributed by atoms with Crippen LogP contribution in [-0.2, 0) is 28.8 Å². The van der Waals surface area contributed by atoms with Crippen molar-refractivity contribution in [2.24, 2.45) is 5.11 Å². The summed E-state index contributed by atoms with van der Waals surface area (Å²) in [6.45, 7) is 4.04. The van der Waals surface area contributed by atoms with Gasteiger partial charge in [0.2, 0.25) is 0 Å². The Labute approximate surface area is 153 Å². The monoisotopic (exact) mass is 397 g/mol. The smallest absolute Gasteiger partial charge is 0.375 e. The van der Waals surface area contributed by atoms with Crippen LogP contribution in [0.2, 0.25) is 0 Å². The van der Waals surface area contributed by atoms with E-state index in [-0.39, 0.29) is 0 Å². The van der Waals surface area contributed by atoms with Crippen LogP contribution in [0.4, 0.5) is 0 Å². The van der Waals surface area contributed by atoms with Crippen LogP contribution < -0.4 is 0 Å². The maximum atomic E-state index is 10.9. The minimum Gasteiger partial charge on any atom is -0.375 e. The molecule has 2 N–H and O–H groups in total. The van der Waals surface area contributed by atoms with Gasteiger partial charge in [-0.15, -0.1) is 0 Å². The molecule has 152 valence electrons. The summed E-state index contributed by atoms with van der Waals surface area (Å²) < 4.78 is 51.7. The van der Waals surface area contributed by atoms with Crippen LogP contribution in [0, 0.1) is 0 Å². The predicted octanol–water partition coefficient (Wildman–Crippen LogP) is 1.57. The van der Waals surface area contributed by atoms with Gasteiger partial charge in [-0.3, -0.25) is 4.55 Å². The van der Waals surface area contributed by atoms with Crippen molar-refractivity contribution in [2.75, 3.05) is 19.8 Å². The number of rotatable bonds is 12. The van der Waals surface area contributed by atoms with E-state index in [0.29, 0.717) is 13.2 Å². The highest BCUT2D eigenvalue weighted by atomic mass is 32.3. The number of ether oxygens (including phenoxy) is 3. The highest BCUT2D eigenvalue weighted by Crippen LogP contribution is 2.28. The topological polar surface area (TPSA) is 160 Å². The molecule has 0 saturated carbocycles. The van der Waals surface area contributed by atoms with Crippen LogP contribution in [0.1, 0.15) is 39.5 Å². The number of hydrogen-bond acceptors (Lipinski definition) is 8. The van der Waals surface area contributed by atoms with E-state index < -0.39 is 47.6 Å². The second kappa shape index (κ2) is 11.7. The molecule has 0 aliphatic carbocycles. The molecule has 1 fully saturated rings. The maximum Gasteiger partial charge on any atom is 0.397 e. The molecule has 1 heterocycles. The lowest BCUT2D eigenvalue weighted by Crippen LogP contribution is -2.60. The van der Waals surface area contributed by atoms with Gasteiger partial charge in [-0.25, -0.2) is 4.18 Å². The Hall–Kier alpha value is -0.980. The average molecular weight is 397 g/mol. The lowest BCUT2D eigenvalue weighted by Gasteiger charge is -2.43. The van der Waals surface area contributed by atoms with E-state index in [4.69, 9.17) is 24.3 Å². The van der Waals surface area contributed by atoms with Gasteiger partial charge in [-0.05, 0) is 18.4 Å². The molecule has 11 nitrogen and oxygen atoms in total. The Morgan fingerprint density at radius 1 is 1.15 bits per heavy atom. The van der Waals surface area contributed by atoms with Crippen molar-refractivity contribution in [1.82, 2.24) is 0 Å². The minimum atomic E-state index is -4.69. The van der Waals surface area contributed by atoms with Crippen LogP contribution in [-0.4, -0.2) is 68.5 Å². The van der Waals surface area contributed by atoms with E-state index in [2.05, 4.69) is 14.2 Å². The first kappa shape index (κ1) is 23.1. The number of azide groups is 1. The average Bonchev–Trinajstić information content (AvgIpc) is 2.57. The van der Waals surface area contributed by atoms with E-state index in [1.54, 1.807) is 0 Å². The van der Waals surface area contributed by atoms with Gasteiger partial charge >= 0.3 is 10.4 Å².